The lowest BCUT2D eigenvalue weighted by Gasteiger charge is -2.22. The van der Waals surface area contributed by atoms with E-state index in [1.165, 1.54) is 11.0 Å². The molecule has 1 unspecified atom stereocenters. The van der Waals surface area contributed by atoms with Crippen molar-refractivity contribution < 1.29 is 23.8 Å². The number of anilines is 1. The normalized spacial score (nSPS) is 12.2. The number of carbonyl (C=O) groups is 1. The molecule has 17 heavy (non-hydrogen) atoms. The van der Waals surface area contributed by atoms with Gasteiger partial charge in [0.15, 0.2) is 11.6 Å². The minimum atomic E-state index is -1.11. The SMILES string of the molecule is CN(CC(O)CC(=O)O)c1ccc(F)c(F)c1. The van der Waals surface area contributed by atoms with Crippen molar-refractivity contribution in [1.29, 1.82) is 0 Å². The van der Waals surface area contributed by atoms with Gasteiger partial charge < -0.3 is 15.1 Å². The van der Waals surface area contributed by atoms with Crippen LogP contribution in [0.2, 0.25) is 0 Å². The summed E-state index contributed by atoms with van der Waals surface area (Å²) in [5, 5.41) is 17.8. The lowest BCUT2D eigenvalue weighted by Crippen LogP contribution is -2.30. The third-order valence-corrected chi connectivity index (χ3v) is 2.24. The predicted molar refractivity (Wildman–Crippen MR) is 57.9 cm³/mol. The summed E-state index contributed by atoms with van der Waals surface area (Å²) < 4.78 is 25.6. The van der Waals surface area contributed by atoms with Crippen molar-refractivity contribution in [3.8, 4) is 0 Å². The highest BCUT2D eigenvalue weighted by Gasteiger charge is 2.13. The number of nitrogens with zero attached hydrogens (tertiary/aromatic N) is 1. The monoisotopic (exact) mass is 245 g/mol. The summed E-state index contributed by atoms with van der Waals surface area (Å²) >= 11 is 0. The Morgan fingerprint density at radius 3 is 2.59 bits per heavy atom. The first-order valence-electron chi connectivity index (χ1n) is 4.96. The summed E-state index contributed by atoms with van der Waals surface area (Å²) in [4.78, 5) is 11.8. The van der Waals surface area contributed by atoms with Crippen molar-refractivity contribution in [1.82, 2.24) is 0 Å². The summed E-state index contributed by atoms with van der Waals surface area (Å²) in [7, 11) is 1.55. The number of aliphatic carboxylic acids is 1. The number of aliphatic hydroxyl groups is 1. The molecule has 1 atom stereocenters. The van der Waals surface area contributed by atoms with Gasteiger partial charge in [0, 0.05) is 25.3 Å². The molecule has 94 valence electrons. The minimum Gasteiger partial charge on any atom is -0.481 e. The van der Waals surface area contributed by atoms with E-state index in [4.69, 9.17) is 5.11 Å². The molecule has 0 fully saturated rings. The first kappa shape index (κ1) is 13.4. The second-order valence-electron chi connectivity index (χ2n) is 3.73. The second-order valence-corrected chi connectivity index (χ2v) is 3.73. The van der Waals surface area contributed by atoms with Crippen molar-refractivity contribution in [3.63, 3.8) is 0 Å². The number of benzene rings is 1. The summed E-state index contributed by atoms with van der Waals surface area (Å²) in [6.45, 7) is 0.0252. The van der Waals surface area contributed by atoms with Gasteiger partial charge in [-0.1, -0.05) is 0 Å². The fourth-order valence-corrected chi connectivity index (χ4v) is 1.41. The van der Waals surface area contributed by atoms with Gasteiger partial charge in [-0.25, -0.2) is 8.78 Å². The first-order chi connectivity index (χ1) is 7.90. The zero-order valence-corrected chi connectivity index (χ0v) is 9.23. The van der Waals surface area contributed by atoms with Crippen LogP contribution in [0.1, 0.15) is 6.42 Å². The maximum absolute atomic E-state index is 12.9. The Balaban J connectivity index is 2.66. The average molecular weight is 245 g/mol. The van der Waals surface area contributed by atoms with E-state index in [1.54, 1.807) is 7.05 Å². The summed E-state index contributed by atoms with van der Waals surface area (Å²) in [6.07, 6.45) is -1.46. The van der Waals surface area contributed by atoms with Crippen molar-refractivity contribution in [3.05, 3.63) is 29.8 Å². The molecule has 1 rings (SSSR count). The van der Waals surface area contributed by atoms with Crippen LogP contribution in [0, 0.1) is 11.6 Å². The number of rotatable bonds is 5. The van der Waals surface area contributed by atoms with Crippen LogP contribution < -0.4 is 4.90 Å². The number of likely N-dealkylation sites (N-methyl/N-ethyl adjacent to an activating group) is 1. The number of hydrogen-bond donors (Lipinski definition) is 2. The molecule has 0 aromatic heterocycles. The Morgan fingerprint density at radius 1 is 1.41 bits per heavy atom. The third kappa shape index (κ3) is 3.99. The first-order valence-corrected chi connectivity index (χ1v) is 4.96. The Labute approximate surface area is 97.1 Å². The van der Waals surface area contributed by atoms with E-state index in [1.807, 2.05) is 0 Å². The molecule has 0 amide bonds. The lowest BCUT2D eigenvalue weighted by atomic mass is 10.2. The Kier molecular flexibility index (Phi) is 4.39. The summed E-state index contributed by atoms with van der Waals surface area (Å²) in [5.74, 6) is -3.05. The molecule has 0 spiro atoms. The second kappa shape index (κ2) is 5.58. The molecule has 2 N–H and O–H groups in total. The molecule has 0 saturated heterocycles. The van der Waals surface area contributed by atoms with E-state index in [9.17, 15) is 18.7 Å². The predicted octanol–water partition coefficient (Wildman–Crippen LogP) is 1.24. The topological polar surface area (TPSA) is 60.8 Å². The van der Waals surface area contributed by atoms with Crippen molar-refractivity contribution in [2.75, 3.05) is 18.5 Å². The van der Waals surface area contributed by atoms with Crippen molar-refractivity contribution in [2.45, 2.75) is 12.5 Å². The molecule has 0 radical (unpaired) electrons. The van der Waals surface area contributed by atoms with E-state index >= 15 is 0 Å². The van der Waals surface area contributed by atoms with Gasteiger partial charge >= 0.3 is 5.97 Å². The maximum atomic E-state index is 12.9. The van der Waals surface area contributed by atoms with Crippen LogP contribution in [-0.2, 0) is 4.79 Å². The van der Waals surface area contributed by atoms with Gasteiger partial charge in [0.05, 0.1) is 12.5 Å². The van der Waals surface area contributed by atoms with Crippen molar-refractivity contribution >= 4 is 11.7 Å². The highest BCUT2D eigenvalue weighted by atomic mass is 19.2. The standard InChI is InChI=1S/C11H13F2NO3/c1-14(6-8(15)5-11(16)17)7-2-3-9(12)10(13)4-7/h2-4,8,15H,5-6H2,1H3,(H,16,17). The van der Waals surface area contributed by atoms with Crippen molar-refractivity contribution in [2.24, 2.45) is 0 Å². The number of aliphatic hydroxyl groups excluding tert-OH is 1. The molecule has 0 aliphatic rings. The van der Waals surface area contributed by atoms with E-state index in [0.717, 1.165) is 12.1 Å². The molecular formula is C11H13F2NO3. The molecule has 6 heteroatoms. The van der Waals surface area contributed by atoms with E-state index < -0.39 is 30.1 Å². The number of carboxylic acid groups (broad SMARTS) is 1. The number of halogens is 2. The molecule has 1 aromatic rings. The fourth-order valence-electron chi connectivity index (χ4n) is 1.41. The smallest absolute Gasteiger partial charge is 0.306 e. The van der Waals surface area contributed by atoms with Crippen LogP contribution >= 0.6 is 0 Å². The maximum Gasteiger partial charge on any atom is 0.306 e. The van der Waals surface area contributed by atoms with Gasteiger partial charge in [0.25, 0.3) is 0 Å². The summed E-state index contributed by atoms with van der Waals surface area (Å²) in [5.41, 5.74) is 0.369. The third-order valence-electron chi connectivity index (χ3n) is 2.24. The molecule has 0 aliphatic heterocycles. The van der Waals surface area contributed by atoms with E-state index in [0.29, 0.717) is 5.69 Å². The van der Waals surface area contributed by atoms with Gasteiger partial charge in [-0.3, -0.25) is 4.79 Å². The number of hydrogen-bond acceptors (Lipinski definition) is 3. The summed E-state index contributed by atoms with van der Waals surface area (Å²) in [6, 6.07) is 3.32. The minimum absolute atomic E-state index is 0.0252. The van der Waals surface area contributed by atoms with Gasteiger partial charge in [0.1, 0.15) is 0 Å². The quantitative estimate of drug-likeness (QED) is 0.819. The highest BCUT2D eigenvalue weighted by Crippen LogP contribution is 2.17. The van der Waals surface area contributed by atoms with Crippen LogP contribution in [0.3, 0.4) is 0 Å². The van der Waals surface area contributed by atoms with Gasteiger partial charge in [-0.15, -0.1) is 0 Å². The van der Waals surface area contributed by atoms with Crippen LogP contribution in [0.25, 0.3) is 0 Å². The van der Waals surface area contributed by atoms with E-state index in [2.05, 4.69) is 0 Å². The zero-order chi connectivity index (χ0) is 13.0. The van der Waals surface area contributed by atoms with Crippen LogP contribution in [0.5, 0.6) is 0 Å². The number of carboxylic acids is 1. The highest BCUT2D eigenvalue weighted by molar-refractivity contribution is 5.67. The molecule has 0 bridgehead atoms. The molecular weight excluding hydrogens is 232 g/mol. The van der Waals surface area contributed by atoms with Crippen LogP contribution in [-0.4, -0.2) is 35.9 Å². The van der Waals surface area contributed by atoms with Gasteiger partial charge in [-0.05, 0) is 12.1 Å². The van der Waals surface area contributed by atoms with E-state index in [-0.39, 0.29) is 6.54 Å². The average Bonchev–Trinajstić information content (AvgIpc) is 2.20. The Bertz CT molecular complexity index is 412. The Hall–Kier alpha value is -1.69. The zero-order valence-electron chi connectivity index (χ0n) is 9.23. The molecule has 1 aromatic carbocycles. The lowest BCUT2D eigenvalue weighted by molar-refractivity contribution is -0.139. The molecule has 4 nitrogen and oxygen atoms in total. The van der Waals surface area contributed by atoms with Crippen LogP contribution in [0.4, 0.5) is 14.5 Å². The molecule has 0 heterocycles. The largest absolute Gasteiger partial charge is 0.481 e. The van der Waals surface area contributed by atoms with Crippen LogP contribution in [0.15, 0.2) is 18.2 Å². The molecule has 0 aliphatic carbocycles. The fraction of sp³-hybridized carbons (Fsp3) is 0.364. The molecule has 0 saturated carbocycles. The van der Waals surface area contributed by atoms with Gasteiger partial charge in [0.2, 0.25) is 0 Å². The Morgan fingerprint density at radius 2 is 2.06 bits per heavy atom. The van der Waals surface area contributed by atoms with Gasteiger partial charge in [-0.2, -0.15) is 0 Å².